The Hall–Kier alpha value is -3.40. The molecule has 0 aliphatic heterocycles. The fraction of sp³-hybridized carbons (Fsp3) is 0.130. The first-order valence-corrected chi connectivity index (χ1v) is 8.79. The van der Waals surface area contributed by atoms with Gasteiger partial charge in [-0.2, -0.15) is 0 Å². The smallest absolute Gasteiger partial charge is 0.226 e. The van der Waals surface area contributed by atoms with Crippen LogP contribution in [0.3, 0.4) is 0 Å². The molecular formula is C23H21NO3. The molecule has 136 valence electrons. The van der Waals surface area contributed by atoms with Crippen molar-refractivity contribution >= 4 is 12.4 Å². The summed E-state index contributed by atoms with van der Waals surface area (Å²) in [5.41, 5.74) is 2.92. The van der Waals surface area contributed by atoms with Gasteiger partial charge >= 0.3 is 0 Å². The van der Waals surface area contributed by atoms with E-state index in [0.29, 0.717) is 18.9 Å². The Bertz CT molecular complexity index is 922. The number of nitrogens with zero attached hydrogens (tertiary/aromatic N) is 1. The minimum absolute atomic E-state index is 0.527. The zero-order valence-corrected chi connectivity index (χ0v) is 15.2. The molecule has 0 spiro atoms. The molecular weight excluding hydrogens is 338 g/mol. The van der Waals surface area contributed by atoms with E-state index in [2.05, 4.69) is 4.98 Å². The molecule has 3 aromatic rings. The molecule has 0 saturated heterocycles. The van der Waals surface area contributed by atoms with Crippen LogP contribution in [0.5, 0.6) is 5.75 Å². The number of carbonyl (C=O) groups is 1. The number of aromatic nitrogens is 1. The van der Waals surface area contributed by atoms with Crippen molar-refractivity contribution in [2.24, 2.45) is 0 Å². The molecule has 0 aliphatic rings. The summed E-state index contributed by atoms with van der Waals surface area (Å²) in [6.45, 7) is 2.45. The summed E-state index contributed by atoms with van der Waals surface area (Å²) in [6.07, 6.45) is 8.32. The highest BCUT2D eigenvalue weighted by Gasteiger charge is 2.11. The van der Waals surface area contributed by atoms with E-state index in [-0.39, 0.29) is 0 Å². The maximum Gasteiger partial charge on any atom is 0.226 e. The largest absolute Gasteiger partial charge is 0.493 e. The topological polar surface area (TPSA) is 52.3 Å². The van der Waals surface area contributed by atoms with Crippen LogP contribution in [0.25, 0.3) is 17.5 Å². The van der Waals surface area contributed by atoms with E-state index in [1.807, 2.05) is 73.7 Å². The summed E-state index contributed by atoms with van der Waals surface area (Å²) < 4.78 is 11.6. The molecule has 2 aromatic carbocycles. The fourth-order valence-electron chi connectivity index (χ4n) is 2.58. The van der Waals surface area contributed by atoms with Crippen LogP contribution in [0, 0.1) is 6.92 Å². The Kier molecular flexibility index (Phi) is 6.36. The van der Waals surface area contributed by atoms with E-state index in [9.17, 15) is 4.79 Å². The standard InChI is InChI=1S/C23H21NO3/c1-18-22(24-23(27-18)20-9-5-2-6-10-20)15-17-26-21-13-11-19(12-14-21)8-4-3-7-16-25/h2-14,16H,15,17H2,1H3. The van der Waals surface area contributed by atoms with Crippen LogP contribution in [-0.4, -0.2) is 17.9 Å². The molecule has 27 heavy (non-hydrogen) atoms. The summed E-state index contributed by atoms with van der Waals surface area (Å²) >= 11 is 0. The minimum atomic E-state index is 0.527. The monoisotopic (exact) mass is 359 g/mol. The number of hydrogen-bond donors (Lipinski definition) is 0. The predicted octanol–water partition coefficient (Wildman–Crippen LogP) is 5.04. The summed E-state index contributed by atoms with van der Waals surface area (Å²) in [7, 11) is 0. The van der Waals surface area contributed by atoms with E-state index in [4.69, 9.17) is 9.15 Å². The first-order valence-electron chi connectivity index (χ1n) is 8.79. The Morgan fingerprint density at radius 2 is 1.78 bits per heavy atom. The van der Waals surface area contributed by atoms with Crippen molar-refractivity contribution in [1.82, 2.24) is 4.98 Å². The number of rotatable bonds is 8. The minimum Gasteiger partial charge on any atom is -0.493 e. The molecule has 0 radical (unpaired) electrons. The number of aldehydes is 1. The lowest BCUT2D eigenvalue weighted by Gasteiger charge is -2.05. The van der Waals surface area contributed by atoms with E-state index in [1.165, 1.54) is 6.08 Å². The van der Waals surface area contributed by atoms with Crippen LogP contribution in [0.4, 0.5) is 0 Å². The van der Waals surface area contributed by atoms with E-state index < -0.39 is 0 Å². The van der Waals surface area contributed by atoms with Crippen LogP contribution in [0.15, 0.2) is 77.2 Å². The lowest BCUT2D eigenvalue weighted by molar-refractivity contribution is -0.104. The van der Waals surface area contributed by atoms with E-state index in [1.54, 1.807) is 6.08 Å². The molecule has 0 aliphatic carbocycles. The fourth-order valence-corrected chi connectivity index (χ4v) is 2.58. The molecule has 3 rings (SSSR count). The van der Waals surface area contributed by atoms with E-state index in [0.717, 1.165) is 34.6 Å². The first-order chi connectivity index (χ1) is 13.3. The Balaban J connectivity index is 1.54. The molecule has 1 heterocycles. The van der Waals surface area contributed by atoms with Gasteiger partial charge < -0.3 is 9.15 Å². The molecule has 0 unspecified atom stereocenters. The zero-order chi connectivity index (χ0) is 18.9. The van der Waals surface area contributed by atoms with Crippen LogP contribution < -0.4 is 4.74 Å². The molecule has 1 aromatic heterocycles. The summed E-state index contributed by atoms with van der Waals surface area (Å²) in [5, 5.41) is 0. The third-order valence-electron chi connectivity index (χ3n) is 3.99. The highest BCUT2D eigenvalue weighted by molar-refractivity contribution is 5.66. The van der Waals surface area contributed by atoms with Gasteiger partial charge in [0.2, 0.25) is 5.89 Å². The van der Waals surface area contributed by atoms with Gasteiger partial charge in [0.1, 0.15) is 17.8 Å². The number of hydrogen-bond acceptors (Lipinski definition) is 4. The van der Waals surface area contributed by atoms with Crippen molar-refractivity contribution < 1.29 is 13.9 Å². The van der Waals surface area contributed by atoms with Crippen molar-refractivity contribution in [3.8, 4) is 17.2 Å². The second-order valence-corrected chi connectivity index (χ2v) is 5.94. The van der Waals surface area contributed by atoms with Crippen molar-refractivity contribution in [3.05, 3.63) is 89.8 Å². The van der Waals surface area contributed by atoms with Gasteiger partial charge in [-0.1, -0.05) is 48.6 Å². The van der Waals surface area contributed by atoms with Gasteiger partial charge in [-0.15, -0.1) is 0 Å². The van der Waals surface area contributed by atoms with Crippen molar-refractivity contribution in [2.75, 3.05) is 6.61 Å². The number of carbonyl (C=O) groups excluding carboxylic acids is 1. The Morgan fingerprint density at radius 1 is 1.00 bits per heavy atom. The summed E-state index contributed by atoms with van der Waals surface area (Å²) in [5.74, 6) is 2.27. The maximum atomic E-state index is 10.2. The lowest BCUT2D eigenvalue weighted by Crippen LogP contribution is -2.02. The summed E-state index contributed by atoms with van der Waals surface area (Å²) in [6, 6.07) is 17.7. The van der Waals surface area contributed by atoms with Gasteiger partial charge in [-0.05, 0) is 42.8 Å². The van der Waals surface area contributed by atoms with Crippen LogP contribution in [0.1, 0.15) is 17.0 Å². The molecule has 0 saturated carbocycles. The number of ether oxygens (including phenoxy) is 1. The molecule has 0 atom stereocenters. The molecule has 4 heteroatoms. The normalized spacial score (nSPS) is 11.3. The number of aryl methyl sites for hydroxylation is 1. The predicted molar refractivity (Wildman–Crippen MR) is 107 cm³/mol. The average Bonchev–Trinajstić information content (AvgIpc) is 3.08. The number of allylic oxidation sites excluding steroid dienone is 3. The lowest BCUT2D eigenvalue weighted by atomic mass is 10.2. The quantitative estimate of drug-likeness (QED) is 0.321. The molecule has 0 N–H and O–H groups in total. The van der Waals surface area contributed by atoms with E-state index >= 15 is 0 Å². The van der Waals surface area contributed by atoms with Gasteiger partial charge in [0, 0.05) is 12.0 Å². The number of benzene rings is 2. The molecule has 0 bridgehead atoms. The Morgan fingerprint density at radius 3 is 2.52 bits per heavy atom. The second kappa shape index (κ2) is 9.34. The first kappa shape index (κ1) is 18.4. The molecule has 4 nitrogen and oxygen atoms in total. The van der Waals surface area contributed by atoms with Gasteiger partial charge in [0.25, 0.3) is 0 Å². The number of oxazole rings is 1. The van der Waals surface area contributed by atoms with Gasteiger partial charge in [-0.3, -0.25) is 4.79 Å². The van der Waals surface area contributed by atoms with Crippen molar-refractivity contribution in [2.45, 2.75) is 13.3 Å². The summed E-state index contributed by atoms with van der Waals surface area (Å²) in [4.78, 5) is 14.8. The second-order valence-electron chi connectivity index (χ2n) is 5.94. The zero-order valence-electron chi connectivity index (χ0n) is 15.2. The third kappa shape index (κ3) is 5.28. The van der Waals surface area contributed by atoms with Crippen molar-refractivity contribution in [1.29, 1.82) is 0 Å². The maximum absolute atomic E-state index is 10.2. The highest BCUT2D eigenvalue weighted by atomic mass is 16.5. The van der Waals surface area contributed by atoms with Gasteiger partial charge in [0.05, 0.1) is 12.3 Å². The van der Waals surface area contributed by atoms with Crippen molar-refractivity contribution in [3.63, 3.8) is 0 Å². The van der Waals surface area contributed by atoms with Crippen LogP contribution in [0.2, 0.25) is 0 Å². The van der Waals surface area contributed by atoms with Gasteiger partial charge in [-0.25, -0.2) is 4.98 Å². The average molecular weight is 359 g/mol. The third-order valence-corrected chi connectivity index (χ3v) is 3.99. The molecule has 0 amide bonds. The van der Waals surface area contributed by atoms with Crippen LogP contribution >= 0.6 is 0 Å². The molecule has 0 fully saturated rings. The highest BCUT2D eigenvalue weighted by Crippen LogP contribution is 2.22. The van der Waals surface area contributed by atoms with Gasteiger partial charge in [0.15, 0.2) is 0 Å². The Labute approximate surface area is 158 Å². The van der Waals surface area contributed by atoms with Crippen LogP contribution in [-0.2, 0) is 11.2 Å². The SMILES string of the molecule is Cc1oc(-c2ccccc2)nc1CCOc1ccc(C=CC=CC=O)cc1.